The van der Waals surface area contributed by atoms with Crippen LogP contribution in [0.4, 0.5) is 0 Å². The number of benzene rings is 1. The molecule has 0 radical (unpaired) electrons. The van der Waals surface area contributed by atoms with E-state index in [0.29, 0.717) is 13.1 Å². The normalized spacial score (nSPS) is 14.4. The summed E-state index contributed by atoms with van der Waals surface area (Å²) in [6.45, 7) is 5.23. The summed E-state index contributed by atoms with van der Waals surface area (Å²) in [4.78, 5) is 4.63. The van der Waals surface area contributed by atoms with E-state index in [1.165, 1.54) is 18.4 Å². The largest absolute Gasteiger partial charge is 0.357 e. The van der Waals surface area contributed by atoms with Crippen LogP contribution in [-0.4, -0.2) is 27.3 Å². The Balaban J connectivity index is 1.62. The van der Waals surface area contributed by atoms with Gasteiger partial charge in [0.05, 0.1) is 13.1 Å². The summed E-state index contributed by atoms with van der Waals surface area (Å²) in [5.41, 5.74) is 1.20. The molecule has 0 aliphatic carbocycles. The highest BCUT2D eigenvalue weighted by Gasteiger charge is 2.15. The molecule has 0 saturated heterocycles. The highest BCUT2D eigenvalue weighted by Crippen LogP contribution is 2.13. The molecule has 23 heavy (non-hydrogen) atoms. The van der Waals surface area contributed by atoms with Crippen molar-refractivity contribution < 1.29 is 0 Å². The molecule has 0 fully saturated rings. The van der Waals surface area contributed by atoms with E-state index >= 15 is 0 Å². The maximum absolute atomic E-state index is 4.63. The Morgan fingerprint density at radius 2 is 2.04 bits per heavy atom. The maximum atomic E-state index is 4.63. The van der Waals surface area contributed by atoms with Crippen LogP contribution >= 0.6 is 0 Å². The minimum atomic E-state index is 0.646. The van der Waals surface area contributed by atoms with Crippen molar-refractivity contribution in [3.8, 4) is 0 Å². The Morgan fingerprint density at radius 1 is 1.17 bits per heavy atom. The zero-order valence-corrected chi connectivity index (χ0v) is 13.6. The molecule has 6 nitrogen and oxygen atoms in total. The minimum absolute atomic E-state index is 0.646. The lowest BCUT2D eigenvalue weighted by molar-refractivity contribution is 0.504. The van der Waals surface area contributed by atoms with Crippen LogP contribution in [0.25, 0.3) is 0 Å². The van der Waals surface area contributed by atoms with Crippen molar-refractivity contribution in [2.45, 2.75) is 45.8 Å². The van der Waals surface area contributed by atoms with Gasteiger partial charge in [-0.15, -0.1) is 10.2 Å². The molecule has 1 aromatic carbocycles. The van der Waals surface area contributed by atoms with E-state index in [1.54, 1.807) is 0 Å². The fourth-order valence-corrected chi connectivity index (χ4v) is 2.76. The second kappa shape index (κ2) is 7.76. The number of guanidine groups is 1. The van der Waals surface area contributed by atoms with Crippen molar-refractivity contribution in [1.82, 2.24) is 25.4 Å². The van der Waals surface area contributed by atoms with Crippen LogP contribution in [0.5, 0.6) is 0 Å². The second-order valence-electron chi connectivity index (χ2n) is 5.68. The van der Waals surface area contributed by atoms with Crippen LogP contribution < -0.4 is 10.6 Å². The molecule has 0 unspecified atom stereocenters. The first kappa shape index (κ1) is 15.5. The van der Waals surface area contributed by atoms with Gasteiger partial charge < -0.3 is 15.2 Å². The van der Waals surface area contributed by atoms with Crippen LogP contribution in [-0.2, 0) is 26.1 Å². The van der Waals surface area contributed by atoms with Crippen LogP contribution in [0, 0.1) is 0 Å². The van der Waals surface area contributed by atoms with E-state index < -0.39 is 0 Å². The van der Waals surface area contributed by atoms with Crippen molar-refractivity contribution in [3.05, 3.63) is 47.5 Å². The lowest BCUT2D eigenvalue weighted by Gasteiger charge is -2.16. The van der Waals surface area contributed by atoms with E-state index in [4.69, 9.17) is 0 Å². The average molecular weight is 312 g/mol. The number of aromatic nitrogens is 3. The summed E-state index contributed by atoms with van der Waals surface area (Å²) >= 11 is 0. The Hall–Kier alpha value is -2.37. The minimum Gasteiger partial charge on any atom is -0.357 e. The Morgan fingerprint density at radius 3 is 2.87 bits per heavy atom. The van der Waals surface area contributed by atoms with E-state index in [1.807, 2.05) is 18.2 Å². The molecule has 0 atom stereocenters. The monoisotopic (exact) mass is 312 g/mol. The van der Waals surface area contributed by atoms with Gasteiger partial charge in [0.1, 0.15) is 5.82 Å². The van der Waals surface area contributed by atoms with E-state index in [0.717, 1.165) is 37.1 Å². The third-order valence-corrected chi connectivity index (χ3v) is 3.96. The zero-order valence-electron chi connectivity index (χ0n) is 13.6. The smallest absolute Gasteiger partial charge is 0.191 e. The van der Waals surface area contributed by atoms with E-state index in [2.05, 4.69) is 49.4 Å². The van der Waals surface area contributed by atoms with E-state index in [9.17, 15) is 0 Å². The van der Waals surface area contributed by atoms with Gasteiger partial charge >= 0.3 is 0 Å². The molecule has 0 amide bonds. The summed E-state index contributed by atoms with van der Waals surface area (Å²) in [5, 5.41) is 15.2. The first-order valence-corrected chi connectivity index (χ1v) is 8.34. The van der Waals surface area contributed by atoms with Crippen molar-refractivity contribution in [2.24, 2.45) is 4.99 Å². The molecule has 2 N–H and O–H groups in total. The molecular formula is C17H24N6. The van der Waals surface area contributed by atoms with Crippen LogP contribution in [0.15, 0.2) is 35.3 Å². The van der Waals surface area contributed by atoms with E-state index in [-0.39, 0.29) is 0 Å². The third-order valence-electron chi connectivity index (χ3n) is 3.96. The van der Waals surface area contributed by atoms with Gasteiger partial charge in [-0.25, -0.2) is 4.99 Å². The van der Waals surface area contributed by atoms with Crippen LogP contribution in [0.3, 0.4) is 0 Å². The van der Waals surface area contributed by atoms with Gasteiger partial charge in [0.2, 0.25) is 0 Å². The Labute approximate surface area is 137 Å². The topological polar surface area (TPSA) is 67.1 Å². The number of aliphatic imine (C=N–C) groups is 1. The van der Waals surface area contributed by atoms with Crippen molar-refractivity contribution in [2.75, 3.05) is 6.54 Å². The summed E-state index contributed by atoms with van der Waals surface area (Å²) in [6, 6.07) is 10.3. The number of fused-ring (bicyclic) bond motifs is 1. The molecule has 6 heteroatoms. The zero-order chi connectivity index (χ0) is 15.9. The van der Waals surface area contributed by atoms with Crippen molar-refractivity contribution >= 4 is 5.96 Å². The lowest BCUT2D eigenvalue weighted by Crippen LogP contribution is -2.37. The van der Waals surface area contributed by atoms with Gasteiger partial charge in [0.25, 0.3) is 0 Å². The SMILES string of the molecule is CCNC(=NCc1ccccc1)NCc1nnc2n1CCCC2. The predicted molar refractivity (Wildman–Crippen MR) is 91.1 cm³/mol. The molecule has 1 aliphatic heterocycles. The molecule has 0 bridgehead atoms. The van der Waals surface area contributed by atoms with Crippen LogP contribution in [0.2, 0.25) is 0 Å². The number of rotatable bonds is 5. The summed E-state index contributed by atoms with van der Waals surface area (Å²) < 4.78 is 2.23. The molecule has 3 rings (SSSR count). The Kier molecular flexibility index (Phi) is 5.24. The van der Waals surface area contributed by atoms with Crippen LogP contribution in [0.1, 0.15) is 37.0 Å². The van der Waals surface area contributed by atoms with Gasteiger partial charge in [-0.3, -0.25) is 0 Å². The first-order valence-electron chi connectivity index (χ1n) is 8.34. The summed E-state index contributed by atoms with van der Waals surface area (Å²) in [5.74, 6) is 2.91. The molecule has 0 spiro atoms. The summed E-state index contributed by atoms with van der Waals surface area (Å²) in [7, 11) is 0. The van der Waals surface area contributed by atoms with Crippen molar-refractivity contribution in [3.63, 3.8) is 0 Å². The Bertz CT molecular complexity index is 646. The quantitative estimate of drug-likeness (QED) is 0.653. The molecule has 1 aromatic heterocycles. The maximum Gasteiger partial charge on any atom is 0.191 e. The number of nitrogens with zero attached hydrogens (tertiary/aromatic N) is 4. The predicted octanol–water partition coefficient (Wildman–Crippen LogP) is 1.87. The first-order chi connectivity index (χ1) is 11.4. The summed E-state index contributed by atoms with van der Waals surface area (Å²) in [6.07, 6.45) is 3.46. The highest BCUT2D eigenvalue weighted by molar-refractivity contribution is 5.79. The number of nitrogens with one attached hydrogen (secondary N) is 2. The number of hydrogen-bond acceptors (Lipinski definition) is 3. The molecule has 122 valence electrons. The highest BCUT2D eigenvalue weighted by atomic mass is 15.3. The van der Waals surface area contributed by atoms with Gasteiger partial charge in [0.15, 0.2) is 11.8 Å². The molecular weight excluding hydrogens is 288 g/mol. The van der Waals surface area contributed by atoms with Gasteiger partial charge in [-0.1, -0.05) is 30.3 Å². The molecule has 2 aromatic rings. The molecule has 0 saturated carbocycles. The van der Waals surface area contributed by atoms with Gasteiger partial charge in [-0.2, -0.15) is 0 Å². The number of aryl methyl sites for hydroxylation is 1. The van der Waals surface area contributed by atoms with Crippen molar-refractivity contribution in [1.29, 1.82) is 0 Å². The van der Waals surface area contributed by atoms with Gasteiger partial charge in [0, 0.05) is 19.5 Å². The van der Waals surface area contributed by atoms with Gasteiger partial charge in [-0.05, 0) is 25.3 Å². The average Bonchev–Trinajstić information content (AvgIpc) is 3.01. The fourth-order valence-electron chi connectivity index (χ4n) is 2.76. The lowest BCUT2D eigenvalue weighted by atomic mass is 10.2. The second-order valence-corrected chi connectivity index (χ2v) is 5.68. The molecule has 2 heterocycles. The fraction of sp³-hybridized carbons (Fsp3) is 0.471. The number of hydrogen-bond donors (Lipinski definition) is 2. The molecule has 1 aliphatic rings. The standard InChI is InChI=1S/C17H24N6/c1-2-18-17(19-12-14-8-4-3-5-9-14)20-13-16-22-21-15-10-6-7-11-23(15)16/h3-5,8-9H,2,6-7,10-13H2,1H3,(H2,18,19,20). The third kappa shape index (κ3) is 4.09.